The van der Waals surface area contributed by atoms with Gasteiger partial charge in [-0.05, 0) is 25.1 Å². The summed E-state index contributed by atoms with van der Waals surface area (Å²) in [5.41, 5.74) is 0.943. The van der Waals surface area contributed by atoms with Gasteiger partial charge in [0.05, 0.1) is 5.71 Å². The van der Waals surface area contributed by atoms with Gasteiger partial charge >= 0.3 is 0 Å². The van der Waals surface area contributed by atoms with Crippen LogP contribution in [-0.4, -0.2) is 21.1 Å². The summed E-state index contributed by atoms with van der Waals surface area (Å²) in [6.07, 6.45) is 0. The second kappa shape index (κ2) is 3.13. The number of phenolic OH excluding ortho intramolecular Hbond substituents is 2. The van der Waals surface area contributed by atoms with Gasteiger partial charge in [0.1, 0.15) is 0 Å². The van der Waals surface area contributed by atoms with Crippen LogP contribution in [0.5, 0.6) is 11.5 Å². The van der Waals surface area contributed by atoms with Gasteiger partial charge < -0.3 is 15.4 Å². The van der Waals surface area contributed by atoms with Crippen LogP contribution in [0.15, 0.2) is 23.4 Å². The molecular weight excluding hydrogens is 158 g/mol. The van der Waals surface area contributed by atoms with Crippen molar-refractivity contribution in [2.45, 2.75) is 6.92 Å². The normalized spacial score (nSPS) is 11.6. The van der Waals surface area contributed by atoms with Crippen LogP contribution in [0.4, 0.5) is 0 Å². The third-order valence-corrected chi connectivity index (χ3v) is 1.54. The molecule has 0 unspecified atom stereocenters. The zero-order valence-electron chi connectivity index (χ0n) is 6.52. The van der Waals surface area contributed by atoms with E-state index in [9.17, 15) is 0 Å². The molecule has 0 heterocycles. The number of phenols is 2. The van der Waals surface area contributed by atoms with Gasteiger partial charge in [-0.25, -0.2) is 0 Å². The van der Waals surface area contributed by atoms with Gasteiger partial charge in [0.25, 0.3) is 0 Å². The molecule has 0 radical (unpaired) electrons. The lowest BCUT2D eigenvalue weighted by Crippen LogP contribution is -1.93. The third-order valence-electron chi connectivity index (χ3n) is 1.54. The second-order valence-electron chi connectivity index (χ2n) is 2.39. The van der Waals surface area contributed by atoms with Crippen LogP contribution in [0, 0.1) is 0 Å². The number of aromatic hydroxyl groups is 2. The summed E-state index contributed by atoms with van der Waals surface area (Å²) in [5.74, 6) is -0.417. The molecule has 0 aliphatic heterocycles. The molecule has 0 aliphatic carbocycles. The maximum absolute atomic E-state index is 9.06. The maximum atomic E-state index is 9.06. The lowest BCUT2D eigenvalue weighted by molar-refractivity contribution is 0.319. The molecular formula is C8H9NO3. The zero-order chi connectivity index (χ0) is 9.14. The highest BCUT2D eigenvalue weighted by molar-refractivity contribution is 5.98. The molecule has 4 nitrogen and oxygen atoms in total. The lowest BCUT2D eigenvalue weighted by Gasteiger charge is -2.00. The van der Waals surface area contributed by atoms with E-state index in [0.717, 1.165) is 0 Å². The van der Waals surface area contributed by atoms with Gasteiger partial charge in [-0.15, -0.1) is 0 Å². The fourth-order valence-electron chi connectivity index (χ4n) is 0.806. The van der Waals surface area contributed by atoms with Crippen LogP contribution in [0.3, 0.4) is 0 Å². The van der Waals surface area contributed by atoms with Crippen molar-refractivity contribution in [1.29, 1.82) is 0 Å². The van der Waals surface area contributed by atoms with E-state index < -0.39 is 0 Å². The summed E-state index contributed by atoms with van der Waals surface area (Å²) in [6.45, 7) is 1.59. The fraction of sp³-hybridized carbons (Fsp3) is 0.125. The van der Waals surface area contributed by atoms with Crippen molar-refractivity contribution < 1.29 is 15.4 Å². The number of hydrogen-bond donors (Lipinski definition) is 3. The monoisotopic (exact) mass is 167 g/mol. The van der Waals surface area contributed by atoms with Gasteiger partial charge in [0.2, 0.25) is 0 Å². The molecule has 0 amide bonds. The molecule has 0 saturated carbocycles. The SMILES string of the molecule is C/C(=N/O)c1ccc(O)c(O)c1. The van der Waals surface area contributed by atoms with E-state index in [2.05, 4.69) is 5.16 Å². The molecule has 4 heteroatoms. The molecule has 64 valence electrons. The van der Waals surface area contributed by atoms with Crippen LogP contribution in [-0.2, 0) is 0 Å². The number of benzene rings is 1. The molecule has 0 fully saturated rings. The Morgan fingerprint density at radius 1 is 1.25 bits per heavy atom. The quantitative estimate of drug-likeness (QED) is 0.255. The standard InChI is InChI=1S/C8H9NO3/c1-5(9-12)6-2-3-7(10)8(11)4-6/h2-4,10-12H,1H3/b9-5-. The van der Waals surface area contributed by atoms with Crippen LogP contribution in [0.2, 0.25) is 0 Å². The highest BCUT2D eigenvalue weighted by Crippen LogP contribution is 2.24. The predicted octanol–water partition coefficient (Wildman–Crippen LogP) is 1.30. The predicted molar refractivity (Wildman–Crippen MR) is 43.8 cm³/mol. The molecule has 1 aromatic carbocycles. The molecule has 0 saturated heterocycles. The second-order valence-corrected chi connectivity index (χ2v) is 2.39. The van der Waals surface area contributed by atoms with E-state index in [-0.39, 0.29) is 11.5 Å². The van der Waals surface area contributed by atoms with Crippen LogP contribution in [0.25, 0.3) is 0 Å². The Balaban J connectivity index is 3.13. The topological polar surface area (TPSA) is 73.1 Å². The van der Waals surface area contributed by atoms with Crippen molar-refractivity contribution >= 4 is 5.71 Å². The molecule has 3 N–H and O–H groups in total. The van der Waals surface area contributed by atoms with Crippen molar-refractivity contribution in [1.82, 2.24) is 0 Å². The van der Waals surface area contributed by atoms with Crippen LogP contribution in [0.1, 0.15) is 12.5 Å². The fourth-order valence-corrected chi connectivity index (χ4v) is 0.806. The van der Waals surface area contributed by atoms with Crippen molar-refractivity contribution in [3.8, 4) is 11.5 Å². The van der Waals surface area contributed by atoms with Crippen molar-refractivity contribution in [2.24, 2.45) is 5.16 Å². The summed E-state index contributed by atoms with van der Waals surface area (Å²) in [7, 11) is 0. The maximum Gasteiger partial charge on any atom is 0.158 e. The van der Waals surface area contributed by atoms with Crippen molar-refractivity contribution in [3.63, 3.8) is 0 Å². The minimum Gasteiger partial charge on any atom is -0.504 e. The Bertz CT molecular complexity index is 320. The summed E-state index contributed by atoms with van der Waals surface area (Å²) >= 11 is 0. The first kappa shape index (κ1) is 8.39. The van der Waals surface area contributed by atoms with E-state index >= 15 is 0 Å². The van der Waals surface area contributed by atoms with Gasteiger partial charge in [-0.2, -0.15) is 0 Å². The van der Waals surface area contributed by atoms with E-state index in [1.165, 1.54) is 12.1 Å². The molecule has 0 aromatic heterocycles. The number of oxime groups is 1. The average Bonchev–Trinajstić information content (AvgIpc) is 2.08. The number of rotatable bonds is 1. The summed E-state index contributed by atoms with van der Waals surface area (Å²) in [5, 5.41) is 29.3. The summed E-state index contributed by atoms with van der Waals surface area (Å²) in [4.78, 5) is 0. The van der Waals surface area contributed by atoms with Crippen molar-refractivity contribution in [3.05, 3.63) is 23.8 Å². The molecule has 1 rings (SSSR count). The highest BCUT2D eigenvalue weighted by atomic mass is 16.4. The van der Waals surface area contributed by atoms with Gasteiger partial charge in [0, 0.05) is 5.56 Å². The zero-order valence-corrected chi connectivity index (χ0v) is 6.52. The largest absolute Gasteiger partial charge is 0.504 e. The van der Waals surface area contributed by atoms with Gasteiger partial charge in [-0.1, -0.05) is 5.16 Å². The Morgan fingerprint density at radius 3 is 2.42 bits per heavy atom. The third kappa shape index (κ3) is 1.47. The minimum atomic E-state index is -0.226. The molecule has 0 atom stereocenters. The lowest BCUT2D eigenvalue weighted by atomic mass is 10.1. The summed E-state index contributed by atoms with van der Waals surface area (Å²) in [6, 6.07) is 4.20. The molecule has 0 bridgehead atoms. The molecule has 0 aliphatic rings. The first-order valence-electron chi connectivity index (χ1n) is 3.36. The first-order chi connectivity index (χ1) is 5.65. The molecule has 0 spiro atoms. The van der Waals surface area contributed by atoms with E-state index in [0.29, 0.717) is 11.3 Å². The molecule has 1 aromatic rings. The van der Waals surface area contributed by atoms with Crippen LogP contribution < -0.4 is 0 Å². The van der Waals surface area contributed by atoms with E-state index in [4.69, 9.17) is 15.4 Å². The van der Waals surface area contributed by atoms with E-state index in [1.807, 2.05) is 0 Å². The average molecular weight is 167 g/mol. The molecule has 12 heavy (non-hydrogen) atoms. The Hall–Kier alpha value is -1.71. The van der Waals surface area contributed by atoms with Gasteiger partial charge in [0.15, 0.2) is 11.5 Å². The summed E-state index contributed by atoms with van der Waals surface area (Å²) < 4.78 is 0. The van der Waals surface area contributed by atoms with Crippen molar-refractivity contribution in [2.75, 3.05) is 0 Å². The first-order valence-corrected chi connectivity index (χ1v) is 3.36. The number of nitrogens with zero attached hydrogens (tertiary/aromatic N) is 1. The minimum absolute atomic E-state index is 0.190. The van der Waals surface area contributed by atoms with E-state index in [1.54, 1.807) is 13.0 Å². The highest BCUT2D eigenvalue weighted by Gasteiger charge is 2.02. The Morgan fingerprint density at radius 2 is 1.92 bits per heavy atom. The van der Waals surface area contributed by atoms with Crippen LogP contribution >= 0.6 is 0 Å². The smallest absolute Gasteiger partial charge is 0.158 e. The van der Waals surface area contributed by atoms with Gasteiger partial charge in [-0.3, -0.25) is 0 Å². The Labute approximate surface area is 69.4 Å². The number of hydrogen-bond acceptors (Lipinski definition) is 4. The Kier molecular flexibility index (Phi) is 2.19.